The Morgan fingerprint density at radius 2 is 0.745 bits per heavy atom. The Morgan fingerprint density at radius 1 is 0.418 bits per heavy atom. The zero-order valence-corrected chi connectivity index (χ0v) is 37.3. The summed E-state index contributed by atoms with van der Waals surface area (Å²) >= 11 is 0. The van der Waals surface area contributed by atoms with Crippen molar-refractivity contribution in [1.29, 1.82) is 0 Å². The number of unbranched alkanes of at least 4 members (excludes halogenated alkanes) is 32. The quantitative estimate of drug-likeness (QED) is 0.0478. The van der Waals surface area contributed by atoms with Crippen LogP contribution in [-0.4, -0.2) is 29.4 Å². The molecule has 4 heteroatoms. The monoisotopic (exact) mass is 772 g/mol. The first-order chi connectivity index (χ1) is 27.1. The molecule has 0 spiro atoms. The van der Waals surface area contributed by atoms with Crippen LogP contribution in [-0.2, 0) is 9.59 Å². The highest BCUT2D eigenvalue weighted by Crippen LogP contribution is 2.16. The molecule has 0 radical (unpaired) electrons. The number of carbonyl (C=O) groups excluding carboxylic acids is 2. The number of hydrogen-bond donors (Lipinski definition) is 2. The van der Waals surface area contributed by atoms with Crippen molar-refractivity contribution >= 4 is 11.7 Å². The number of hydrogen-bond acceptors (Lipinski definition) is 3. The van der Waals surface area contributed by atoms with Crippen LogP contribution >= 0.6 is 0 Å². The first-order valence-corrected chi connectivity index (χ1v) is 24.9. The van der Waals surface area contributed by atoms with Crippen LogP contribution < -0.4 is 5.32 Å². The molecule has 0 aromatic carbocycles. The number of allylic oxidation sites excluding steroid dienone is 4. The Kier molecular flexibility index (Phi) is 45.7. The number of amides is 1. The van der Waals surface area contributed by atoms with E-state index in [2.05, 4.69) is 43.5 Å². The molecule has 0 saturated carbocycles. The van der Waals surface area contributed by atoms with Gasteiger partial charge in [0, 0.05) is 25.8 Å². The smallest absolute Gasteiger partial charge is 0.220 e. The van der Waals surface area contributed by atoms with Gasteiger partial charge in [0.25, 0.3) is 0 Å². The number of Topliss-reactive ketones (excluding diaryl/α,β-unsaturated/α-hetero) is 1. The predicted octanol–water partition coefficient (Wildman–Crippen LogP) is 16.2. The first kappa shape index (κ1) is 53.6. The predicted molar refractivity (Wildman–Crippen MR) is 243 cm³/mol. The Morgan fingerprint density at radius 3 is 1.18 bits per heavy atom. The van der Waals surface area contributed by atoms with Gasteiger partial charge in [-0.3, -0.25) is 9.59 Å². The molecule has 0 bridgehead atoms. The van der Waals surface area contributed by atoms with E-state index < -0.39 is 6.10 Å². The summed E-state index contributed by atoms with van der Waals surface area (Å²) in [4.78, 5) is 24.4. The molecule has 0 aromatic heterocycles. The third kappa shape index (κ3) is 46.9. The van der Waals surface area contributed by atoms with Crippen molar-refractivity contribution in [3.05, 3.63) is 24.3 Å². The van der Waals surface area contributed by atoms with Crippen molar-refractivity contribution in [2.24, 2.45) is 0 Å². The standard InChI is InChI=1S/C51H97NO3/c1-3-5-7-9-11-13-15-17-19-21-24-28-32-36-40-44-49(53)45-41-37-33-29-25-22-23-27-31-35-39-43-47-51(55)52-48-50(54)46-42-38-34-30-26-20-18-16-14-12-10-8-6-4-2/h11,13,17,19,50,54H,3-10,12,14-16,18,20-48H2,1-2H3,(H,52,55)/t50-/m0/s1. The van der Waals surface area contributed by atoms with Crippen LogP contribution in [0.5, 0.6) is 0 Å². The zero-order valence-electron chi connectivity index (χ0n) is 37.3. The molecular formula is C51H97NO3. The molecule has 55 heavy (non-hydrogen) atoms. The van der Waals surface area contributed by atoms with Crippen LogP contribution in [0.15, 0.2) is 24.3 Å². The third-order valence-electron chi connectivity index (χ3n) is 11.4. The van der Waals surface area contributed by atoms with Gasteiger partial charge in [-0.25, -0.2) is 0 Å². The minimum absolute atomic E-state index is 0.0985. The maximum Gasteiger partial charge on any atom is 0.220 e. The molecule has 0 aliphatic carbocycles. The van der Waals surface area contributed by atoms with Crippen LogP contribution in [0.1, 0.15) is 277 Å². The van der Waals surface area contributed by atoms with Crippen molar-refractivity contribution < 1.29 is 14.7 Å². The topological polar surface area (TPSA) is 66.4 Å². The first-order valence-electron chi connectivity index (χ1n) is 24.9. The molecule has 0 saturated heterocycles. The summed E-state index contributed by atoms with van der Waals surface area (Å²) in [5.74, 6) is 0.581. The van der Waals surface area contributed by atoms with Crippen LogP contribution in [0.4, 0.5) is 0 Å². The van der Waals surface area contributed by atoms with E-state index >= 15 is 0 Å². The highest BCUT2D eigenvalue weighted by atomic mass is 16.3. The number of ketones is 1. The second-order valence-corrected chi connectivity index (χ2v) is 17.1. The molecule has 0 aliphatic heterocycles. The Balaban J connectivity index is 3.33. The van der Waals surface area contributed by atoms with Gasteiger partial charge in [-0.15, -0.1) is 0 Å². The highest BCUT2D eigenvalue weighted by molar-refractivity contribution is 5.78. The molecule has 0 rings (SSSR count). The summed E-state index contributed by atoms with van der Waals surface area (Å²) in [5.41, 5.74) is 0. The normalized spacial score (nSPS) is 12.3. The lowest BCUT2D eigenvalue weighted by molar-refractivity contribution is -0.121. The molecule has 324 valence electrons. The average Bonchev–Trinajstić information content (AvgIpc) is 3.18. The minimum atomic E-state index is -0.402. The Labute approximate surface area is 344 Å². The van der Waals surface area contributed by atoms with Crippen LogP contribution in [0.25, 0.3) is 0 Å². The summed E-state index contributed by atoms with van der Waals surface area (Å²) in [6.45, 7) is 4.95. The summed E-state index contributed by atoms with van der Waals surface area (Å²) in [6, 6.07) is 0. The largest absolute Gasteiger partial charge is 0.391 e. The van der Waals surface area contributed by atoms with Gasteiger partial charge in [0.2, 0.25) is 5.91 Å². The lowest BCUT2D eigenvalue weighted by atomic mass is 10.0. The van der Waals surface area contributed by atoms with E-state index in [4.69, 9.17) is 0 Å². The molecule has 0 heterocycles. The van der Waals surface area contributed by atoms with Gasteiger partial charge in [-0.1, -0.05) is 224 Å². The molecule has 4 nitrogen and oxygen atoms in total. The minimum Gasteiger partial charge on any atom is -0.391 e. The highest BCUT2D eigenvalue weighted by Gasteiger charge is 2.07. The Hall–Kier alpha value is -1.42. The fourth-order valence-electron chi connectivity index (χ4n) is 7.63. The summed E-state index contributed by atoms with van der Waals surface area (Å²) < 4.78 is 0. The lowest BCUT2D eigenvalue weighted by Crippen LogP contribution is -2.31. The SMILES string of the molecule is CCCCCC=CCC=CCCCCCCCC(=O)CCCCCCCCCCCCCCC(=O)NC[C@@H](O)CCCCCCCCCCCCCCCC. The number of nitrogens with one attached hydrogen (secondary N) is 1. The van der Waals surface area contributed by atoms with Gasteiger partial charge < -0.3 is 10.4 Å². The molecule has 2 N–H and O–H groups in total. The van der Waals surface area contributed by atoms with Crippen LogP contribution in [0.2, 0.25) is 0 Å². The van der Waals surface area contributed by atoms with E-state index in [1.165, 1.54) is 199 Å². The van der Waals surface area contributed by atoms with Gasteiger partial charge in [0.05, 0.1) is 6.10 Å². The number of carbonyl (C=O) groups is 2. The second kappa shape index (κ2) is 47.0. The second-order valence-electron chi connectivity index (χ2n) is 17.1. The van der Waals surface area contributed by atoms with E-state index in [0.717, 1.165) is 57.8 Å². The maximum atomic E-state index is 12.2. The molecule has 0 aromatic rings. The average molecular weight is 772 g/mol. The van der Waals surface area contributed by atoms with Crippen molar-refractivity contribution in [3.63, 3.8) is 0 Å². The fraction of sp³-hybridized carbons (Fsp3) is 0.882. The fourth-order valence-corrected chi connectivity index (χ4v) is 7.63. The van der Waals surface area contributed by atoms with E-state index in [1.807, 2.05) is 0 Å². The summed E-state index contributed by atoms with van der Waals surface area (Å²) in [5, 5.41) is 13.2. The van der Waals surface area contributed by atoms with Gasteiger partial charge in [-0.05, 0) is 57.8 Å². The third-order valence-corrected chi connectivity index (χ3v) is 11.4. The molecule has 0 fully saturated rings. The molecule has 0 aliphatic rings. The maximum absolute atomic E-state index is 12.2. The van der Waals surface area contributed by atoms with Crippen molar-refractivity contribution in [2.75, 3.05) is 6.54 Å². The van der Waals surface area contributed by atoms with E-state index in [9.17, 15) is 14.7 Å². The number of rotatable bonds is 46. The molecule has 1 amide bonds. The number of aliphatic hydroxyl groups is 1. The van der Waals surface area contributed by atoms with Gasteiger partial charge in [0.15, 0.2) is 0 Å². The Bertz CT molecular complexity index is 836. The zero-order chi connectivity index (χ0) is 40.0. The number of aliphatic hydroxyl groups excluding tert-OH is 1. The molecular weight excluding hydrogens is 675 g/mol. The van der Waals surface area contributed by atoms with Gasteiger partial charge >= 0.3 is 0 Å². The summed E-state index contributed by atoms with van der Waals surface area (Å²) in [7, 11) is 0. The molecule has 0 unspecified atom stereocenters. The van der Waals surface area contributed by atoms with Crippen molar-refractivity contribution in [3.8, 4) is 0 Å². The van der Waals surface area contributed by atoms with Crippen LogP contribution in [0, 0.1) is 0 Å². The van der Waals surface area contributed by atoms with E-state index in [-0.39, 0.29) is 5.91 Å². The van der Waals surface area contributed by atoms with E-state index in [1.54, 1.807) is 0 Å². The van der Waals surface area contributed by atoms with Gasteiger partial charge in [0.1, 0.15) is 5.78 Å². The van der Waals surface area contributed by atoms with E-state index in [0.29, 0.717) is 18.7 Å². The van der Waals surface area contributed by atoms with Gasteiger partial charge in [-0.2, -0.15) is 0 Å². The lowest BCUT2D eigenvalue weighted by Gasteiger charge is -2.12. The van der Waals surface area contributed by atoms with Crippen LogP contribution in [0.3, 0.4) is 0 Å². The summed E-state index contributed by atoms with van der Waals surface area (Å²) in [6.07, 6.45) is 59.0. The molecule has 1 atom stereocenters. The van der Waals surface area contributed by atoms with Crippen molar-refractivity contribution in [2.45, 2.75) is 283 Å². The van der Waals surface area contributed by atoms with Crippen molar-refractivity contribution in [1.82, 2.24) is 5.32 Å².